The summed E-state index contributed by atoms with van der Waals surface area (Å²) in [4.78, 5) is 19.2. The van der Waals surface area contributed by atoms with Crippen LogP contribution in [-0.2, 0) is 4.74 Å². The number of benzene rings is 1. The number of halogens is 1. The standard InChI is InChI=1S/C27H36ClN7O3/c1-34-7-9-35(10-8-34)6-5-29-26-25-19(16-31-27(33-25)30-15-18-4-11-38-17-18)12-22(32-26)21-13-20(36-2)14-23(37-3)24(21)28/h12-14,16,18H,4-11,15,17H2,1-3H3,(H,29,32)(H,30,31,33). The summed E-state index contributed by atoms with van der Waals surface area (Å²) in [6.45, 7) is 8.33. The molecule has 2 aliphatic heterocycles. The van der Waals surface area contributed by atoms with Crippen molar-refractivity contribution in [2.24, 2.45) is 5.92 Å². The molecule has 2 saturated heterocycles. The van der Waals surface area contributed by atoms with E-state index in [1.165, 1.54) is 0 Å². The Morgan fingerprint density at radius 2 is 1.92 bits per heavy atom. The lowest BCUT2D eigenvalue weighted by atomic mass is 10.1. The molecule has 3 aromatic rings. The van der Waals surface area contributed by atoms with E-state index in [2.05, 4.69) is 32.5 Å². The maximum absolute atomic E-state index is 6.72. The Labute approximate surface area is 228 Å². The highest BCUT2D eigenvalue weighted by atomic mass is 35.5. The van der Waals surface area contributed by atoms with Crippen molar-refractivity contribution in [1.82, 2.24) is 24.8 Å². The number of likely N-dealkylation sites (N-methyl/N-ethyl adjacent to an activating group) is 1. The van der Waals surface area contributed by atoms with Crippen molar-refractivity contribution in [3.8, 4) is 22.8 Å². The third kappa shape index (κ3) is 6.20. The summed E-state index contributed by atoms with van der Waals surface area (Å²) < 4.78 is 16.5. The van der Waals surface area contributed by atoms with E-state index in [1.54, 1.807) is 20.3 Å². The van der Waals surface area contributed by atoms with Gasteiger partial charge >= 0.3 is 0 Å². The Bertz CT molecular complexity index is 1250. The number of fused-ring (bicyclic) bond motifs is 1. The molecule has 2 fully saturated rings. The van der Waals surface area contributed by atoms with Crippen LogP contribution in [0.4, 0.5) is 11.8 Å². The van der Waals surface area contributed by atoms with Crippen LogP contribution in [-0.4, -0.2) is 105 Å². The molecule has 2 N–H and O–H groups in total. The summed E-state index contributed by atoms with van der Waals surface area (Å²) in [5, 5.41) is 8.27. The van der Waals surface area contributed by atoms with Crippen molar-refractivity contribution in [1.29, 1.82) is 0 Å². The summed E-state index contributed by atoms with van der Waals surface area (Å²) >= 11 is 6.72. The molecule has 38 heavy (non-hydrogen) atoms. The van der Waals surface area contributed by atoms with Crippen LogP contribution in [0.3, 0.4) is 0 Å². The molecule has 5 rings (SSSR count). The molecule has 10 nitrogen and oxygen atoms in total. The average Bonchev–Trinajstić information content (AvgIpc) is 3.47. The van der Waals surface area contributed by atoms with Crippen molar-refractivity contribution in [2.75, 3.05) is 90.9 Å². The summed E-state index contributed by atoms with van der Waals surface area (Å²) in [7, 11) is 5.37. The van der Waals surface area contributed by atoms with Gasteiger partial charge in [0.15, 0.2) is 5.82 Å². The summed E-state index contributed by atoms with van der Waals surface area (Å²) in [5.41, 5.74) is 2.17. The fourth-order valence-electron chi connectivity index (χ4n) is 4.80. The van der Waals surface area contributed by atoms with Crippen LogP contribution in [0.5, 0.6) is 11.5 Å². The minimum atomic E-state index is 0.473. The van der Waals surface area contributed by atoms with E-state index >= 15 is 0 Å². The maximum Gasteiger partial charge on any atom is 0.223 e. The van der Waals surface area contributed by atoms with Gasteiger partial charge in [-0.15, -0.1) is 0 Å². The topological polar surface area (TPSA) is 96.9 Å². The van der Waals surface area contributed by atoms with Crippen LogP contribution in [0.15, 0.2) is 24.4 Å². The van der Waals surface area contributed by atoms with E-state index in [1.807, 2.05) is 18.3 Å². The molecule has 1 atom stereocenters. The van der Waals surface area contributed by atoms with E-state index in [9.17, 15) is 0 Å². The number of piperazine rings is 1. The van der Waals surface area contributed by atoms with Gasteiger partial charge in [-0.3, -0.25) is 4.90 Å². The first kappa shape index (κ1) is 26.7. The van der Waals surface area contributed by atoms with Gasteiger partial charge in [0.05, 0.1) is 31.5 Å². The van der Waals surface area contributed by atoms with Crippen LogP contribution >= 0.6 is 11.6 Å². The lowest BCUT2D eigenvalue weighted by Gasteiger charge is -2.32. The first-order valence-electron chi connectivity index (χ1n) is 13.1. The maximum atomic E-state index is 6.72. The number of nitrogens with one attached hydrogen (secondary N) is 2. The van der Waals surface area contributed by atoms with Gasteiger partial charge in [-0.1, -0.05) is 11.6 Å². The van der Waals surface area contributed by atoms with Gasteiger partial charge in [-0.2, -0.15) is 0 Å². The quantitative estimate of drug-likeness (QED) is 0.397. The summed E-state index contributed by atoms with van der Waals surface area (Å²) in [6.07, 6.45) is 2.88. The monoisotopic (exact) mass is 541 g/mol. The minimum Gasteiger partial charge on any atom is -0.497 e. The highest BCUT2D eigenvalue weighted by molar-refractivity contribution is 6.34. The summed E-state index contributed by atoms with van der Waals surface area (Å²) in [6, 6.07) is 5.59. The molecular weight excluding hydrogens is 506 g/mol. The lowest BCUT2D eigenvalue weighted by molar-refractivity contribution is 0.158. The molecule has 11 heteroatoms. The number of methoxy groups -OCH3 is 2. The van der Waals surface area contributed by atoms with Crippen LogP contribution in [0.25, 0.3) is 22.2 Å². The average molecular weight is 542 g/mol. The largest absolute Gasteiger partial charge is 0.497 e. The third-order valence-electron chi connectivity index (χ3n) is 7.20. The fourth-order valence-corrected chi connectivity index (χ4v) is 5.08. The van der Waals surface area contributed by atoms with Crippen molar-refractivity contribution in [3.63, 3.8) is 0 Å². The number of rotatable bonds is 10. The Morgan fingerprint density at radius 3 is 2.66 bits per heavy atom. The minimum absolute atomic E-state index is 0.473. The Balaban J connectivity index is 1.45. The second kappa shape index (κ2) is 12.3. The molecule has 4 heterocycles. The van der Waals surface area contributed by atoms with Gasteiger partial charge < -0.3 is 29.7 Å². The van der Waals surface area contributed by atoms with E-state index in [4.69, 9.17) is 35.8 Å². The lowest BCUT2D eigenvalue weighted by Crippen LogP contribution is -2.45. The zero-order valence-corrected chi connectivity index (χ0v) is 23.1. The molecular formula is C27H36ClN7O3. The predicted molar refractivity (Wildman–Crippen MR) is 151 cm³/mol. The second-order valence-electron chi connectivity index (χ2n) is 9.86. The first-order valence-corrected chi connectivity index (χ1v) is 13.5. The van der Waals surface area contributed by atoms with Crippen LogP contribution in [0.2, 0.25) is 5.02 Å². The van der Waals surface area contributed by atoms with E-state index in [0.29, 0.717) is 39.9 Å². The van der Waals surface area contributed by atoms with E-state index < -0.39 is 0 Å². The molecule has 0 bridgehead atoms. The number of nitrogens with zero attached hydrogens (tertiary/aromatic N) is 5. The fraction of sp³-hybridized carbons (Fsp3) is 0.519. The van der Waals surface area contributed by atoms with Gasteiger partial charge in [-0.05, 0) is 25.6 Å². The number of hydrogen-bond acceptors (Lipinski definition) is 10. The molecule has 0 amide bonds. The van der Waals surface area contributed by atoms with Crippen molar-refractivity contribution < 1.29 is 14.2 Å². The van der Waals surface area contributed by atoms with E-state index in [-0.39, 0.29) is 0 Å². The highest BCUT2D eigenvalue weighted by Gasteiger charge is 2.19. The first-order chi connectivity index (χ1) is 18.5. The SMILES string of the molecule is COc1cc(OC)c(Cl)c(-c2cc3cnc(NCC4CCOC4)nc3c(NCCN3CCN(C)CC3)n2)c1. The smallest absolute Gasteiger partial charge is 0.223 e. The normalized spacial score (nSPS) is 18.6. The van der Waals surface area contributed by atoms with Gasteiger partial charge in [0.1, 0.15) is 17.0 Å². The molecule has 2 aliphatic rings. The second-order valence-corrected chi connectivity index (χ2v) is 10.2. The van der Waals surface area contributed by atoms with Crippen LogP contribution in [0, 0.1) is 5.92 Å². The van der Waals surface area contributed by atoms with Crippen molar-refractivity contribution >= 4 is 34.3 Å². The number of anilines is 2. The van der Waals surface area contributed by atoms with Crippen LogP contribution < -0.4 is 20.1 Å². The number of ether oxygens (including phenoxy) is 3. The third-order valence-corrected chi connectivity index (χ3v) is 7.59. The number of hydrogen-bond donors (Lipinski definition) is 2. The van der Waals surface area contributed by atoms with Gasteiger partial charge in [-0.25, -0.2) is 15.0 Å². The zero-order valence-electron chi connectivity index (χ0n) is 22.3. The molecule has 1 unspecified atom stereocenters. The molecule has 204 valence electrons. The molecule has 0 radical (unpaired) electrons. The molecule has 0 saturated carbocycles. The summed E-state index contributed by atoms with van der Waals surface area (Å²) in [5.74, 6) is 2.92. The molecule has 1 aromatic carbocycles. The Hall–Kier alpha value is -2.92. The molecule has 0 aliphatic carbocycles. The van der Waals surface area contributed by atoms with Gasteiger partial charge in [0.25, 0.3) is 0 Å². The van der Waals surface area contributed by atoms with Crippen LogP contribution in [0.1, 0.15) is 6.42 Å². The Morgan fingerprint density at radius 1 is 1.08 bits per heavy atom. The number of pyridine rings is 1. The highest BCUT2D eigenvalue weighted by Crippen LogP contribution is 2.40. The zero-order chi connectivity index (χ0) is 26.5. The Kier molecular flexibility index (Phi) is 8.63. The molecule has 2 aromatic heterocycles. The predicted octanol–water partition coefficient (Wildman–Crippen LogP) is 3.47. The van der Waals surface area contributed by atoms with Crippen molar-refractivity contribution in [2.45, 2.75) is 6.42 Å². The number of aromatic nitrogens is 3. The van der Waals surface area contributed by atoms with E-state index in [0.717, 1.165) is 81.9 Å². The van der Waals surface area contributed by atoms with Gasteiger partial charge in [0, 0.05) is 81.6 Å². The van der Waals surface area contributed by atoms with Crippen molar-refractivity contribution in [3.05, 3.63) is 29.4 Å². The molecule has 0 spiro atoms. The van der Waals surface area contributed by atoms with Gasteiger partial charge in [0.2, 0.25) is 5.95 Å².